The molecule has 0 atom stereocenters. The van der Waals surface area contributed by atoms with Crippen LogP contribution in [-0.4, -0.2) is 0 Å². The number of benzene rings is 1. The van der Waals surface area contributed by atoms with Gasteiger partial charge < -0.3 is 0 Å². The van der Waals surface area contributed by atoms with Gasteiger partial charge in [-0.25, -0.2) is 0 Å². The third kappa shape index (κ3) is 2.73. The lowest BCUT2D eigenvalue weighted by molar-refractivity contribution is 0.791. The number of hydrogen-bond donors (Lipinski definition) is 0. The topological polar surface area (TPSA) is 0 Å². The molecule has 0 spiro atoms. The van der Waals surface area contributed by atoms with Crippen molar-refractivity contribution in [2.75, 3.05) is 0 Å². The quantitative estimate of drug-likeness (QED) is 0.658. The van der Waals surface area contributed by atoms with Crippen molar-refractivity contribution in [3.8, 4) is 0 Å². The van der Waals surface area contributed by atoms with Crippen LogP contribution >= 0.6 is 0 Å². The van der Waals surface area contributed by atoms with Crippen molar-refractivity contribution in [2.24, 2.45) is 0 Å². The van der Waals surface area contributed by atoms with Gasteiger partial charge in [0.05, 0.1) is 0 Å². The zero-order valence-electron chi connectivity index (χ0n) is 9.56. The molecule has 0 fully saturated rings. The van der Waals surface area contributed by atoms with Crippen LogP contribution in [0.15, 0.2) is 24.8 Å². The fourth-order valence-corrected chi connectivity index (χ4v) is 1.57. The molecule has 76 valence electrons. The molecule has 1 aromatic rings. The molecule has 0 aliphatic heterocycles. The van der Waals surface area contributed by atoms with E-state index in [2.05, 4.69) is 45.5 Å². The normalized spacial score (nSPS) is 10.2. The Hall–Kier alpha value is -1.04. The highest BCUT2D eigenvalue weighted by Crippen LogP contribution is 2.18. The molecular weight excluding hydrogens is 168 g/mol. The summed E-state index contributed by atoms with van der Waals surface area (Å²) < 4.78 is 0. The standard InChI is InChI=1S/C14H20/c1-5-6-7-14-10-13(11(2)3)9-8-12(14)4/h8-10H,2,5-7H2,1,3-4H3. The minimum Gasteiger partial charge on any atom is -0.0955 e. The number of hydrogen-bond acceptors (Lipinski definition) is 0. The summed E-state index contributed by atoms with van der Waals surface area (Å²) in [7, 11) is 0. The molecule has 0 bridgehead atoms. The molecule has 1 rings (SSSR count). The summed E-state index contributed by atoms with van der Waals surface area (Å²) in [4.78, 5) is 0. The van der Waals surface area contributed by atoms with Crippen molar-refractivity contribution in [2.45, 2.75) is 40.0 Å². The number of allylic oxidation sites excluding steroid dienone is 1. The lowest BCUT2D eigenvalue weighted by Crippen LogP contribution is -1.91. The molecule has 14 heavy (non-hydrogen) atoms. The Morgan fingerprint density at radius 1 is 1.36 bits per heavy atom. The summed E-state index contributed by atoms with van der Waals surface area (Å²) in [6, 6.07) is 6.65. The van der Waals surface area contributed by atoms with E-state index >= 15 is 0 Å². The molecule has 0 aliphatic rings. The van der Waals surface area contributed by atoms with Gasteiger partial charge in [0.25, 0.3) is 0 Å². The Balaban J connectivity index is 2.90. The van der Waals surface area contributed by atoms with Gasteiger partial charge in [-0.1, -0.05) is 43.7 Å². The smallest absolute Gasteiger partial charge is 0.0230 e. The first-order valence-electron chi connectivity index (χ1n) is 5.40. The van der Waals surface area contributed by atoms with E-state index in [1.54, 1.807) is 0 Å². The number of unbranched alkanes of at least 4 members (excludes halogenated alkanes) is 1. The predicted molar refractivity (Wildman–Crippen MR) is 64.5 cm³/mol. The molecule has 0 N–H and O–H groups in total. The van der Waals surface area contributed by atoms with Crippen molar-refractivity contribution >= 4 is 5.57 Å². The molecule has 0 aliphatic carbocycles. The van der Waals surface area contributed by atoms with E-state index in [9.17, 15) is 0 Å². The van der Waals surface area contributed by atoms with E-state index in [-0.39, 0.29) is 0 Å². The van der Waals surface area contributed by atoms with Crippen molar-refractivity contribution in [1.29, 1.82) is 0 Å². The van der Waals surface area contributed by atoms with Gasteiger partial charge in [0, 0.05) is 0 Å². The number of rotatable bonds is 4. The monoisotopic (exact) mass is 188 g/mol. The molecule has 0 amide bonds. The van der Waals surface area contributed by atoms with Crippen molar-refractivity contribution in [1.82, 2.24) is 0 Å². The van der Waals surface area contributed by atoms with E-state index in [1.807, 2.05) is 0 Å². The SMILES string of the molecule is C=C(C)c1ccc(C)c(CCCC)c1. The van der Waals surface area contributed by atoms with Crippen LogP contribution in [0, 0.1) is 6.92 Å². The lowest BCUT2D eigenvalue weighted by atomic mass is 9.98. The summed E-state index contributed by atoms with van der Waals surface area (Å²) in [5, 5.41) is 0. The van der Waals surface area contributed by atoms with Gasteiger partial charge >= 0.3 is 0 Å². The first kappa shape index (κ1) is 11.0. The van der Waals surface area contributed by atoms with E-state index in [0.717, 1.165) is 5.57 Å². The Morgan fingerprint density at radius 3 is 2.64 bits per heavy atom. The number of aryl methyl sites for hydroxylation is 2. The van der Waals surface area contributed by atoms with E-state index < -0.39 is 0 Å². The Morgan fingerprint density at radius 2 is 2.07 bits per heavy atom. The maximum atomic E-state index is 3.98. The van der Waals surface area contributed by atoms with Gasteiger partial charge in [-0.05, 0) is 43.4 Å². The Bertz CT molecular complexity index is 321. The first-order valence-corrected chi connectivity index (χ1v) is 5.40. The van der Waals surface area contributed by atoms with Crippen molar-refractivity contribution < 1.29 is 0 Å². The maximum Gasteiger partial charge on any atom is -0.0230 e. The fraction of sp³-hybridized carbons (Fsp3) is 0.429. The average Bonchev–Trinajstić information content (AvgIpc) is 2.16. The molecular formula is C14H20. The van der Waals surface area contributed by atoms with Crippen LogP contribution in [0.1, 0.15) is 43.4 Å². The van der Waals surface area contributed by atoms with E-state index in [4.69, 9.17) is 0 Å². The van der Waals surface area contributed by atoms with Crippen LogP contribution < -0.4 is 0 Å². The first-order chi connectivity index (χ1) is 6.65. The molecule has 0 saturated heterocycles. The van der Waals surface area contributed by atoms with Gasteiger partial charge in [-0.3, -0.25) is 0 Å². The highest BCUT2D eigenvalue weighted by molar-refractivity contribution is 5.62. The van der Waals surface area contributed by atoms with Crippen LogP contribution in [0.2, 0.25) is 0 Å². The summed E-state index contributed by atoms with van der Waals surface area (Å²) >= 11 is 0. The Kier molecular flexibility index (Phi) is 3.94. The summed E-state index contributed by atoms with van der Waals surface area (Å²) in [6.45, 7) is 10.5. The van der Waals surface area contributed by atoms with Gasteiger partial charge in [-0.15, -0.1) is 0 Å². The third-order valence-corrected chi connectivity index (χ3v) is 2.64. The van der Waals surface area contributed by atoms with Gasteiger partial charge in [0.2, 0.25) is 0 Å². The second-order valence-corrected chi connectivity index (χ2v) is 4.03. The van der Waals surface area contributed by atoms with Crippen molar-refractivity contribution in [3.63, 3.8) is 0 Å². The van der Waals surface area contributed by atoms with Crippen LogP contribution in [0.25, 0.3) is 5.57 Å². The minimum atomic E-state index is 1.16. The van der Waals surface area contributed by atoms with Gasteiger partial charge in [-0.2, -0.15) is 0 Å². The zero-order chi connectivity index (χ0) is 10.6. The summed E-state index contributed by atoms with van der Waals surface area (Å²) in [6.07, 6.45) is 3.74. The van der Waals surface area contributed by atoms with Gasteiger partial charge in [0.1, 0.15) is 0 Å². The second-order valence-electron chi connectivity index (χ2n) is 4.03. The molecule has 1 aromatic carbocycles. The van der Waals surface area contributed by atoms with Crippen LogP contribution in [0.5, 0.6) is 0 Å². The summed E-state index contributed by atoms with van der Waals surface area (Å²) in [5.41, 5.74) is 5.32. The molecule has 0 unspecified atom stereocenters. The highest BCUT2D eigenvalue weighted by Gasteiger charge is 2.00. The van der Waals surface area contributed by atoms with Crippen molar-refractivity contribution in [3.05, 3.63) is 41.5 Å². The van der Waals surface area contributed by atoms with Gasteiger partial charge in [0.15, 0.2) is 0 Å². The van der Waals surface area contributed by atoms with Crippen LogP contribution in [0.4, 0.5) is 0 Å². The Labute approximate surface area is 87.7 Å². The predicted octanol–water partition coefficient (Wildman–Crippen LogP) is 4.37. The third-order valence-electron chi connectivity index (χ3n) is 2.64. The van der Waals surface area contributed by atoms with E-state index in [1.165, 1.54) is 36.0 Å². The second kappa shape index (κ2) is 4.99. The molecule has 0 heterocycles. The lowest BCUT2D eigenvalue weighted by Gasteiger charge is -2.08. The summed E-state index contributed by atoms with van der Waals surface area (Å²) in [5.74, 6) is 0. The average molecular weight is 188 g/mol. The van der Waals surface area contributed by atoms with E-state index in [0.29, 0.717) is 0 Å². The fourth-order valence-electron chi connectivity index (χ4n) is 1.57. The largest absolute Gasteiger partial charge is 0.0955 e. The molecule has 0 saturated carbocycles. The zero-order valence-corrected chi connectivity index (χ0v) is 9.56. The van der Waals surface area contributed by atoms with Crippen LogP contribution in [-0.2, 0) is 6.42 Å². The minimum absolute atomic E-state index is 1.16. The van der Waals surface area contributed by atoms with Crippen LogP contribution in [0.3, 0.4) is 0 Å². The molecule has 0 radical (unpaired) electrons. The maximum absolute atomic E-state index is 3.98. The molecule has 0 aromatic heterocycles. The molecule has 0 heteroatoms. The highest BCUT2D eigenvalue weighted by atomic mass is 14.1. The molecule has 0 nitrogen and oxygen atoms in total.